The third kappa shape index (κ3) is 2.66. The number of likely N-dealkylation sites (tertiary alicyclic amines) is 2. The first kappa shape index (κ1) is 13.3. The molecule has 2 atom stereocenters. The summed E-state index contributed by atoms with van der Waals surface area (Å²) >= 11 is 0. The van der Waals surface area contributed by atoms with E-state index in [1.165, 1.54) is 0 Å². The van der Waals surface area contributed by atoms with Gasteiger partial charge in [-0.2, -0.15) is 0 Å². The van der Waals surface area contributed by atoms with Crippen molar-refractivity contribution in [1.29, 1.82) is 0 Å². The molecule has 0 radical (unpaired) electrons. The van der Waals surface area contributed by atoms with Crippen molar-refractivity contribution < 1.29 is 14.3 Å². The quantitative estimate of drug-likeness (QED) is 0.688. The first-order valence-electron chi connectivity index (χ1n) is 6.79. The van der Waals surface area contributed by atoms with E-state index >= 15 is 0 Å². The van der Waals surface area contributed by atoms with Crippen LogP contribution in [0.5, 0.6) is 0 Å². The Hall–Kier alpha value is -1.10. The van der Waals surface area contributed by atoms with Crippen molar-refractivity contribution in [2.45, 2.75) is 32.2 Å². The monoisotopic (exact) mass is 254 g/mol. The van der Waals surface area contributed by atoms with Gasteiger partial charge in [-0.15, -0.1) is 0 Å². The molecule has 1 amide bonds. The van der Waals surface area contributed by atoms with E-state index in [0.29, 0.717) is 13.2 Å². The molecule has 0 aromatic rings. The van der Waals surface area contributed by atoms with Gasteiger partial charge in [0.2, 0.25) is 5.91 Å². The summed E-state index contributed by atoms with van der Waals surface area (Å²) < 4.78 is 5.08. The Morgan fingerprint density at radius 1 is 1.39 bits per heavy atom. The lowest BCUT2D eigenvalue weighted by Crippen LogP contribution is -2.48. The molecule has 5 nitrogen and oxygen atoms in total. The number of ether oxygens (including phenoxy) is 1. The van der Waals surface area contributed by atoms with Crippen molar-refractivity contribution in [3.8, 4) is 0 Å². The SMILES string of the molecule is CCOC(=O)[C@H]1CCCN(C2CCN(C)C2=O)C1. The van der Waals surface area contributed by atoms with Gasteiger partial charge in [0.05, 0.1) is 18.6 Å². The van der Waals surface area contributed by atoms with Gasteiger partial charge in [0.25, 0.3) is 0 Å². The third-order valence-corrected chi connectivity index (χ3v) is 3.91. The molecule has 5 heteroatoms. The van der Waals surface area contributed by atoms with E-state index in [1.54, 1.807) is 4.90 Å². The Morgan fingerprint density at radius 3 is 2.78 bits per heavy atom. The molecule has 102 valence electrons. The molecule has 0 aromatic carbocycles. The maximum atomic E-state index is 12.0. The average molecular weight is 254 g/mol. The number of esters is 1. The highest BCUT2D eigenvalue weighted by atomic mass is 16.5. The molecule has 18 heavy (non-hydrogen) atoms. The summed E-state index contributed by atoms with van der Waals surface area (Å²) in [4.78, 5) is 27.7. The predicted molar refractivity (Wildman–Crippen MR) is 67.0 cm³/mol. The summed E-state index contributed by atoms with van der Waals surface area (Å²) in [5.74, 6) is 0.0258. The van der Waals surface area contributed by atoms with Crippen LogP contribution >= 0.6 is 0 Å². The molecule has 0 saturated carbocycles. The second-order valence-electron chi connectivity index (χ2n) is 5.15. The van der Waals surface area contributed by atoms with Gasteiger partial charge in [-0.1, -0.05) is 0 Å². The minimum absolute atomic E-state index is 0.0211. The molecule has 0 N–H and O–H groups in total. The van der Waals surface area contributed by atoms with Gasteiger partial charge < -0.3 is 9.64 Å². The fourth-order valence-electron chi connectivity index (χ4n) is 2.88. The molecule has 2 fully saturated rings. The highest BCUT2D eigenvalue weighted by molar-refractivity contribution is 5.83. The molecule has 2 aliphatic rings. The van der Waals surface area contributed by atoms with E-state index in [4.69, 9.17) is 4.74 Å². The molecule has 0 aliphatic carbocycles. The molecule has 2 aliphatic heterocycles. The molecule has 2 heterocycles. The van der Waals surface area contributed by atoms with Gasteiger partial charge in [0.15, 0.2) is 0 Å². The zero-order valence-corrected chi connectivity index (χ0v) is 11.2. The number of hydrogen-bond acceptors (Lipinski definition) is 4. The predicted octanol–water partition coefficient (Wildman–Crippen LogP) is 0.492. The Bertz CT molecular complexity index is 332. The van der Waals surface area contributed by atoms with E-state index < -0.39 is 0 Å². The lowest BCUT2D eigenvalue weighted by atomic mass is 9.96. The van der Waals surface area contributed by atoms with Crippen LogP contribution in [0.15, 0.2) is 0 Å². The standard InChI is InChI=1S/C13H22N2O3/c1-3-18-13(17)10-5-4-7-15(9-10)11-6-8-14(2)12(11)16/h10-11H,3-9H2,1-2H3/t10-,11?/m0/s1. The lowest BCUT2D eigenvalue weighted by Gasteiger charge is -2.34. The van der Waals surface area contributed by atoms with Crippen LogP contribution in [0.4, 0.5) is 0 Å². The fraction of sp³-hybridized carbons (Fsp3) is 0.846. The fourth-order valence-corrected chi connectivity index (χ4v) is 2.88. The van der Waals surface area contributed by atoms with Gasteiger partial charge in [0, 0.05) is 20.1 Å². The maximum absolute atomic E-state index is 12.0. The van der Waals surface area contributed by atoms with Gasteiger partial charge in [-0.05, 0) is 32.7 Å². The molecule has 1 unspecified atom stereocenters. The number of amides is 1. The third-order valence-electron chi connectivity index (χ3n) is 3.91. The number of piperidine rings is 1. The topological polar surface area (TPSA) is 49.9 Å². The zero-order chi connectivity index (χ0) is 13.1. The van der Waals surface area contributed by atoms with Gasteiger partial charge in [-0.25, -0.2) is 0 Å². The summed E-state index contributed by atoms with van der Waals surface area (Å²) in [6.07, 6.45) is 2.73. The maximum Gasteiger partial charge on any atom is 0.310 e. The minimum atomic E-state index is -0.110. The number of likely N-dealkylation sites (N-methyl/N-ethyl adjacent to an activating group) is 1. The summed E-state index contributed by atoms with van der Waals surface area (Å²) in [5, 5.41) is 0. The van der Waals surface area contributed by atoms with Gasteiger partial charge in [0.1, 0.15) is 0 Å². The first-order chi connectivity index (χ1) is 8.63. The van der Waals surface area contributed by atoms with Crippen LogP contribution in [0.3, 0.4) is 0 Å². The van der Waals surface area contributed by atoms with Crippen molar-refractivity contribution in [1.82, 2.24) is 9.80 Å². The molecule has 0 bridgehead atoms. The van der Waals surface area contributed by atoms with Crippen LogP contribution < -0.4 is 0 Å². The van der Waals surface area contributed by atoms with Crippen molar-refractivity contribution in [3.05, 3.63) is 0 Å². The Kier molecular flexibility index (Phi) is 4.22. The molecule has 2 rings (SSSR count). The lowest BCUT2D eigenvalue weighted by molar-refractivity contribution is -0.151. The van der Waals surface area contributed by atoms with Crippen molar-refractivity contribution in [2.24, 2.45) is 5.92 Å². The Balaban J connectivity index is 1.94. The Labute approximate surface area is 108 Å². The summed E-state index contributed by atoms with van der Waals surface area (Å²) in [6.45, 7) is 4.67. The van der Waals surface area contributed by atoms with Crippen LogP contribution in [0, 0.1) is 5.92 Å². The molecule has 0 aromatic heterocycles. The second-order valence-corrected chi connectivity index (χ2v) is 5.15. The zero-order valence-electron chi connectivity index (χ0n) is 11.2. The van der Waals surface area contributed by atoms with Crippen LogP contribution in [-0.2, 0) is 14.3 Å². The first-order valence-corrected chi connectivity index (χ1v) is 6.79. The van der Waals surface area contributed by atoms with Crippen molar-refractivity contribution in [2.75, 3.05) is 33.3 Å². The van der Waals surface area contributed by atoms with E-state index in [-0.39, 0.29) is 23.8 Å². The number of carbonyl (C=O) groups is 2. The smallest absolute Gasteiger partial charge is 0.310 e. The van der Waals surface area contributed by atoms with Crippen molar-refractivity contribution >= 4 is 11.9 Å². The minimum Gasteiger partial charge on any atom is -0.466 e. The van der Waals surface area contributed by atoms with Gasteiger partial charge in [-0.3, -0.25) is 14.5 Å². The summed E-state index contributed by atoms with van der Waals surface area (Å²) in [5.41, 5.74) is 0. The van der Waals surface area contributed by atoms with Gasteiger partial charge >= 0.3 is 5.97 Å². The highest BCUT2D eigenvalue weighted by Gasteiger charge is 2.37. The number of hydrogen-bond donors (Lipinski definition) is 0. The highest BCUT2D eigenvalue weighted by Crippen LogP contribution is 2.24. The molecular formula is C13H22N2O3. The average Bonchev–Trinajstić information content (AvgIpc) is 2.71. The summed E-state index contributed by atoms with van der Waals surface area (Å²) in [6, 6.07) is -0.0211. The van der Waals surface area contributed by atoms with Crippen LogP contribution in [-0.4, -0.2) is 61.0 Å². The second kappa shape index (κ2) is 5.69. The van der Waals surface area contributed by atoms with E-state index in [9.17, 15) is 9.59 Å². The molecule has 2 saturated heterocycles. The van der Waals surface area contributed by atoms with Crippen LogP contribution in [0.2, 0.25) is 0 Å². The number of nitrogens with zero attached hydrogens (tertiary/aromatic N) is 2. The van der Waals surface area contributed by atoms with E-state index in [2.05, 4.69) is 4.90 Å². The van der Waals surface area contributed by atoms with E-state index in [0.717, 1.165) is 32.4 Å². The summed E-state index contributed by atoms with van der Waals surface area (Å²) in [7, 11) is 1.84. The normalized spacial score (nSPS) is 29.7. The largest absolute Gasteiger partial charge is 0.466 e. The van der Waals surface area contributed by atoms with Crippen molar-refractivity contribution in [3.63, 3.8) is 0 Å². The number of rotatable bonds is 3. The van der Waals surface area contributed by atoms with Crippen LogP contribution in [0.25, 0.3) is 0 Å². The Morgan fingerprint density at radius 2 is 2.17 bits per heavy atom. The van der Waals surface area contributed by atoms with Crippen LogP contribution in [0.1, 0.15) is 26.2 Å². The molecule has 0 spiro atoms. The molecular weight excluding hydrogens is 232 g/mol. The number of carbonyl (C=O) groups excluding carboxylic acids is 2. The van der Waals surface area contributed by atoms with E-state index in [1.807, 2.05) is 14.0 Å².